The predicted octanol–water partition coefficient (Wildman–Crippen LogP) is 0.534. The van der Waals surface area contributed by atoms with E-state index >= 15 is 0 Å². The molecule has 1 aromatic heterocycles. The van der Waals surface area contributed by atoms with Crippen molar-refractivity contribution in [1.82, 2.24) is 15.5 Å². The Labute approximate surface area is 83.1 Å². The lowest BCUT2D eigenvalue weighted by Crippen LogP contribution is -2.12. The maximum absolute atomic E-state index is 4.99. The van der Waals surface area contributed by atoms with Crippen molar-refractivity contribution in [1.29, 1.82) is 0 Å². The lowest BCUT2D eigenvalue weighted by atomic mass is 10.4. The number of aromatic nitrogens is 2. The third-order valence-corrected chi connectivity index (χ3v) is 1.60. The summed E-state index contributed by atoms with van der Waals surface area (Å²) in [6.07, 6.45) is 2.46. The monoisotopic (exact) mass is 197 g/mol. The van der Waals surface area contributed by atoms with Gasteiger partial charge >= 0.3 is 0 Å². The molecule has 78 valence electrons. The summed E-state index contributed by atoms with van der Waals surface area (Å²) in [4.78, 5) is 4.16. The van der Waals surface area contributed by atoms with Gasteiger partial charge in [0, 0.05) is 20.1 Å². The highest BCUT2D eigenvalue weighted by Gasteiger charge is 2.04. The van der Waals surface area contributed by atoms with Crippen molar-refractivity contribution >= 4 is 0 Å². The maximum atomic E-state index is 4.99. The normalized spacial score (nSPS) is 10.4. The molecule has 5 heteroatoms. The lowest BCUT2D eigenvalue weighted by molar-refractivity contribution is 0.199. The van der Waals surface area contributed by atoms with Crippen LogP contribution in [0.3, 0.4) is 0 Å². The molecule has 0 bridgehead atoms. The molecule has 0 fully saturated rings. The van der Waals surface area contributed by atoms with Gasteiger partial charge < -0.3 is 14.6 Å². The van der Waals surface area contributed by atoms with Crippen LogP contribution in [-0.4, -0.2) is 30.4 Å². The molecule has 0 spiro atoms. The minimum atomic E-state index is 0.575. The van der Waals surface area contributed by atoms with Crippen LogP contribution in [-0.2, 0) is 17.7 Å². The summed E-state index contributed by atoms with van der Waals surface area (Å²) in [6, 6.07) is 0. The summed E-state index contributed by atoms with van der Waals surface area (Å²) >= 11 is 0. The second-order valence-electron chi connectivity index (χ2n) is 2.77. The van der Waals surface area contributed by atoms with E-state index in [9.17, 15) is 0 Å². The van der Waals surface area contributed by atoms with E-state index in [-0.39, 0.29) is 0 Å². The summed E-state index contributed by atoms with van der Waals surface area (Å²) in [7, 11) is 1.65. The summed E-state index contributed by atoms with van der Waals surface area (Å²) in [5, 5.41) is 6.88. The van der Waals surface area contributed by atoms with Crippen molar-refractivity contribution in [2.75, 3.05) is 20.3 Å². The molecule has 0 aliphatic carbocycles. The second-order valence-corrected chi connectivity index (χ2v) is 2.77. The van der Waals surface area contributed by atoms with Gasteiger partial charge in [-0.05, 0) is 0 Å². The first-order valence-corrected chi connectivity index (χ1v) is 4.49. The molecule has 1 heterocycles. The van der Waals surface area contributed by atoms with Crippen LogP contribution in [0.2, 0.25) is 0 Å². The first-order chi connectivity index (χ1) is 6.86. The van der Waals surface area contributed by atoms with Crippen LogP contribution in [0.15, 0.2) is 17.2 Å². The van der Waals surface area contributed by atoms with E-state index in [0.29, 0.717) is 31.3 Å². The van der Waals surface area contributed by atoms with Gasteiger partial charge in [0.05, 0.1) is 13.2 Å². The highest BCUT2D eigenvalue weighted by molar-refractivity contribution is 4.86. The average molecular weight is 197 g/mol. The minimum Gasteiger partial charge on any atom is -0.384 e. The predicted molar refractivity (Wildman–Crippen MR) is 51.8 cm³/mol. The molecule has 14 heavy (non-hydrogen) atoms. The van der Waals surface area contributed by atoms with Crippen LogP contribution in [0.1, 0.15) is 11.7 Å². The SMILES string of the molecule is C=CCNCc1nc(CCOC)no1. The van der Waals surface area contributed by atoms with Gasteiger partial charge in [0.15, 0.2) is 5.82 Å². The Hall–Kier alpha value is -1.20. The molecule has 0 unspecified atom stereocenters. The number of hydrogen-bond donors (Lipinski definition) is 1. The van der Waals surface area contributed by atoms with Gasteiger partial charge in [0.2, 0.25) is 5.89 Å². The lowest BCUT2D eigenvalue weighted by Gasteiger charge is -1.93. The molecule has 1 rings (SSSR count). The summed E-state index contributed by atoms with van der Waals surface area (Å²) in [6.45, 7) is 5.51. The Balaban J connectivity index is 2.31. The first-order valence-electron chi connectivity index (χ1n) is 4.49. The molecule has 0 saturated carbocycles. The van der Waals surface area contributed by atoms with Crippen molar-refractivity contribution in [3.63, 3.8) is 0 Å². The molecular weight excluding hydrogens is 182 g/mol. The quantitative estimate of drug-likeness (QED) is 0.510. The fourth-order valence-corrected chi connectivity index (χ4v) is 0.938. The van der Waals surface area contributed by atoms with E-state index in [2.05, 4.69) is 22.0 Å². The molecule has 0 radical (unpaired) electrons. The molecule has 0 amide bonds. The van der Waals surface area contributed by atoms with Crippen LogP contribution >= 0.6 is 0 Å². The maximum Gasteiger partial charge on any atom is 0.240 e. The molecule has 0 aliphatic heterocycles. The van der Waals surface area contributed by atoms with Crippen LogP contribution in [0.5, 0.6) is 0 Å². The Morgan fingerprint density at radius 1 is 1.64 bits per heavy atom. The standard InChI is InChI=1S/C9H15N3O2/c1-3-5-10-7-9-11-8(12-14-9)4-6-13-2/h3,10H,1,4-7H2,2H3. The zero-order valence-corrected chi connectivity index (χ0v) is 8.32. The zero-order valence-electron chi connectivity index (χ0n) is 8.32. The van der Waals surface area contributed by atoms with Gasteiger partial charge in [-0.2, -0.15) is 4.98 Å². The third kappa shape index (κ3) is 3.68. The molecule has 0 atom stereocenters. The largest absolute Gasteiger partial charge is 0.384 e. The van der Waals surface area contributed by atoms with E-state index in [1.165, 1.54) is 0 Å². The molecule has 0 saturated heterocycles. The van der Waals surface area contributed by atoms with Crippen molar-refractivity contribution < 1.29 is 9.26 Å². The Bertz CT molecular complexity index is 273. The number of nitrogens with one attached hydrogen (secondary N) is 1. The molecule has 5 nitrogen and oxygen atoms in total. The Morgan fingerprint density at radius 2 is 2.50 bits per heavy atom. The summed E-state index contributed by atoms with van der Waals surface area (Å²) in [5.74, 6) is 1.28. The van der Waals surface area contributed by atoms with E-state index < -0.39 is 0 Å². The molecule has 1 aromatic rings. The fraction of sp³-hybridized carbons (Fsp3) is 0.556. The second kappa shape index (κ2) is 6.28. The minimum absolute atomic E-state index is 0.575. The van der Waals surface area contributed by atoms with E-state index in [1.54, 1.807) is 13.2 Å². The van der Waals surface area contributed by atoms with Gasteiger partial charge in [0.1, 0.15) is 0 Å². The van der Waals surface area contributed by atoms with Crippen molar-refractivity contribution in [3.8, 4) is 0 Å². The van der Waals surface area contributed by atoms with Gasteiger partial charge in [0.25, 0.3) is 0 Å². The molecule has 0 aliphatic rings. The molecule has 0 aromatic carbocycles. The van der Waals surface area contributed by atoms with Crippen LogP contribution in [0.25, 0.3) is 0 Å². The topological polar surface area (TPSA) is 60.2 Å². The van der Waals surface area contributed by atoms with Crippen molar-refractivity contribution in [3.05, 3.63) is 24.4 Å². The zero-order chi connectivity index (χ0) is 10.2. The van der Waals surface area contributed by atoms with E-state index in [1.807, 2.05) is 0 Å². The first kappa shape index (κ1) is 10.9. The van der Waals surface area contributed by atoms with E-state index in [4.69, 9.17) is 9.26 Å². The number of methoxy groups -OCH3 is 1. The number of hydrogen-bond acceptors (Lipinski definition) is 5. The van der Waals surface area contributed by atoms with E-state index in [0.717, 1.165) is 6.54 Å². The van der Waals surface area contributed by atoms with Gasteiger partial charge in [-0.15, -0.1) is 6.58 Å². The number of nitrogens with zero attached hydrogens (tertiary/aromatic N) is 2. The van der Waals surface area contributed by atoms with Crippen LogP contribution in [0, 0.1) is 0 Å². The summed E-state index contributed by atoms with van der Waals surface area (Å²) < 4.78 is 9.90. The molecular formula is C9H15N3O2. The van der Waals surface area contributed by atoms with Gasteiger partial charge in [-0.1, -0.05) is 11.2 Å². The highest BCUT2D eigenvalue weighted by Crippen LogP contribution is 1.97. The highest BCUT2D eigenvalue weighted by atomic mass is 16.5. The van der Waals surface area contributed by atoms with Gasteiger partial charge in [-0.3, -0.25) is 0 Å². The molecule has 1 N–H and O–H groups in total. The van der Waals surface area contributed by atoms with Crippen molar-refractivity contribution in [2.24, 2.45) is 0 Å². The van der Waals surface area contributed by atoms with Crippen LogP contribution < -0.4 is 5.32 Å². The third-order valence-electron chi connectivity index (χ3n) is 1.60. The Morgan fingerprint density at radius 3 is 3.21 bits per heavy atom. The van der Waals surface area contributed by atoms with Crippen LogP contribution in [0.4, 0.5) is 0 Å². The average Bonchev–Trinajstić information content (AvgIpc) is 2.63. The number of rotatable bonds is 7. The summed E-state index contributed by atoms with van der Waals surface area (Å²) in [5.41, 5.74) is 0. The van der Waals surface area contributed by atoms with Gasteiger partial charge in [-0.25, -0.2) is 0 Å². The smallest absolute Gasteiger partial charge is 0.240 e. The Kier molecular flexibility index (Phi) is 4.88. The van der Waals surface area contributed by atoms with Crippen molar-refractivity contribution in [2.45, 2.75) is 13.0 Å². The number of ether oxygens (including phenoxy) is 1. The fourth-order valence-electron chi connectivity index (χ4n) is 0.938.